The van der Waals surface area contributed by atoms with Crippen LogP contribution in [-0.4, -0.2) is 41.5 Å². The van der Waals surface area contributed by atoms with E-state index in [2.05, 4.69) is 41.5 Å². The zero-order valence-corrected chi connectivity index (χ0v) is 26.9. The number of hydrogen-bond donors (Lipinski definition) is 3. The first-order valence-corrected chi connectivity index (χ1v) is 17.2. The van der Waals surface area contributed by atoms with Crippen LogP contribution in [-0.2, 0) is 14.6 Å². The van der Waals surface area contributed by atoms with Gasteiger partial charge in [0, 0.05) is 0 Å². The Balaban J connectivity index is 1.57. The van der Waals surface area contributed by atoms with Crippen molar-refractivity contribution in [2.45, 2.75) is 138 Å². The average molecular weight is 571 g/mol. The third-order valence-electron chi connectivity index (χ3n) is 13.6. The predicted molar refractivity (Wildman–Crippen MR) is 155 cm³/mol. The van der Waals surface area contributed by atoms with Gasteiger partial charge in [0.2, 0.25) is 0 Å². The molecule has 0 radical (unpaired) electrons. The molecule has 0 aromatic rings. The minimum absolute atomic E-state index is 0.0620. The first kappa shape index (κ1) is 31.7. The third kappa shape index (κ3) is 5.50. The number of hydrogen-bond acceptors (Lipinski definition) is 5. The fourth-order valence-electron chi connectivity index (χ4n) is 11.2. The average Bonchev–Trinajstić information content (AvgIpc) is 3.15. The van der Waals surface area contributed by atoms with Crippen LogP contribution in [0.3, 0.4) is 0 Å². The second kappa shape index (κ2) is 10.5. The van der Waals surface area contributed by atoms with Crippen molar-refractivity contribution in [2.75, 3.05) is 0 Å². The molecule has 4 rings (SSSR count). The molecule has 4 aliphatic carbocycles. The highest BCUT2D eigenvalue weighted by atomic mass is 32.3. The lowest BCUT2D eigenvalue weighted by atomic mass is 9.41. The molecule has 0 amide bonds. The maximum Gasteiger partial charge on any atom is 0.397 e. The van der Waals surface area contributed by atoms with Crippen LogP contribution in [0.25, 0.3) is 0 Å². The van der Waals surface area contributed by atoms with Crippen molar-refractivity contribution in [3.05, 3.63) is 0 Å². The van der Waals surface area contributed by atoms with E-state index >= 15 is 0 Å². The Morgan fingerprint density at radius 2 is 1.49 bits per heavy atom. The topological polar surface area (TPSA) is 104 Å². The smallest absolute Gasteiger partial charge is 0.393 e. The summed E-state index contributed by atoms with van der Waals surface area (Å²) < 4.78 is 37.1. The summed E-state index contributed by atoms with van der Waals surface area (Å²) in [6.45, 7) is 20.0. The van der Waals surface area contributed by atoms with Crippen LogP contribution in [0.15, 0.2) is 0 Å². The summed E-state index contributed by atoms with van der Waals surface area (Å²) in [4.78, 5) is 0. The zero-order chi connectivity index (χ0) is 29.3. The van der Waals surface area contributed by atoms with Crippen LogP contribution >= 0.6 is 0 Å². The summed E-state index contributed by atoms with van der Waals surface area (Å²) in [5.41, 5.74) is -0.114. The minimum Gasteiger partial charge on any atom is -0.393 e. The van der Waals surface area contributed by atoms with Gasteiger partial charge in [-0.1, -0.05) is 61.8 Å². The van der Waals surface area contributed by atoms with E-state index in [0.29, 0.717) is 35.5 Å². The van der Waals surface area contributed by atoms with Crippen molar-refractivity contribution in [1.82, 2.24) is 0 Å². The van der Waals surface area contributed by atoms with Gasteiger partial charge >= 0.3 is 10.4 Å². The molecule has 0 bridgehead atoms. The molecule has 0 aliphatic heterocycles. The first-order chi connectivity index (χ1) is 17.8. The zero-order valence-electron chi connectivity index (χ0n) is 26.1. The highest BCUT2D eigenvalue weighted by molar-refractivity contribution is 7.80. The van der Waals surface area contributed by atoms with Gasteiger partial charge in [0.05, 0.1) is 18.3 Å². The third-order valence-corrected chi connectivity index (χ3v) is 14.1. The molecule has 4 aliphatic rings. The lowest BCUT2D eigenvalue weighted by Gasteiger charge is -2.65. The molecule has 0 aromatic heterocycles. The van der Waals surface area contributed by atoms with Gasteiger partial charge in [-0.15, -0.1) is 0 Å². The summed E-state index contributed by atoms with van der Waals surface area (Å²) in [6.07, 6.45) is 8.17. The van der Waals surface area contributed by atoms with Gasteiger partial charge in [0.15, 0.2) is 0 Å². The summed E-state index contributed by atoms with van der Waals surface area (Å²) in [6, 6.07) is 0. The lowest BCUT2D eigenvalue weighted by molar-refractivity contribution is -0.204. The Morgan fingerprint density at radius 1 is 0.897 bits per heavy atom. The van der Waals surface area contributed by atoms with Crippen LogP contribution < -0.4 is 0 Å². The predicted octanol–water partition coefficient (Wildman–Crippen LogP) is 6.90. The molecule has 4 fully saturated rings. The highest BCUT2D eigenvalue weighted by Crippen LogP contribution is 2.70. The SMILES string of the molecule is CCC1C(O)C2C(CCC3(C)C2CCC3C(C)C(C)(C)CC(C)(C)C(C)OS(=O)(=O)O)C2(C)CCC(O)CC12. The summed E-state index contributed by atoms with van der Waals surface area (Å²) >= 11 is 0. The molecule has 0 saturated heterocycles. The molecule has 3 N–H and O–H groups in total. The van der Waals surface area contributed by atoms with Crippen molar-refractivity contribution >= 4 is 10.4 Å². The van der Waals surface area contributed by atoms with E-state index in [4.69, 9.17) is 4.18 Å². The van der Waals surface area contributed by atoms with Crippen molar-refractivity contribution in [3.8, 4) is 0 Å². The Hall–Kier alpha value is -0.210. The van der Waals surface area contributed by atoms with E-state index in [-0.39, 0.29) is 34.4 Å². The van der Waals surface area contributed by atoms with E-state index in [1.54, 1.807) is 6.92 Å². The molecule has 39 heavy (non-hydrogen) atoms. The maximum absolute atomic E-state index is 12.0. The molecule has 6 nitrogen and oxygen atoms in total. The van der Waals surface area contributed by atoms with E-state index < -0.39 is 21.9 Å². The van der Waals surface area contributed by atoms with Gasteiger partial charge in [-0.05, 0) is 121 Å². The standard InChI is InChI=1S/C32H58O6S/c1-10-22-26-17-21(33)13-15-32(26,9)25-14-16-31(8)23(11-12-24(31)27(25)28(22)34)19(2)29(4,5)18-30(6,7)20(3)38-39(35,36)37/h19-28,33-34H,10-18H2,1-9H3,(H,35,36,37). The van der Waals surface area contributed by atoms with Gasteiger partial charge in [-0.25, -0.2) is 4.18 Å². The van der Waals surface area contributed by atoms with Crippen LogP contribution in [0.1, 0.15) is 120 Å². The van der Waals surface area contributed by atoms with Crippen LogP contribution in [0.4, 0.5) is 0 Å². The quantitative estimate of drug-likeness (QED) is 0.274. The van der Waals surface area contributed by atoms with E-state index in [1.165, 1.54) is 25.7 Å². The Morgan fingerprint density at radius 3 is 2.08 bits per heavy atom. The maximum atomic E-state index is 12.0. The second-order valence-electron chi connectivity index (χ2n) is 16.2. The second-order valence-corrected chi connectivity index (χ2v) is 17.3. The molecule has 0 spiro atoms. The fraction of sp³-hybridized carbons (Fsp3) is 1.00. The lowest BCUT2D eigenvalue weighted by Crippen LogP contribution is -2.62. The molecule has 7 heteroatoms. The van der Waals surface area contributed by atoms with Crippen LogP contribution in [0, 0.1) is 63.1 Å². The number of rotatable bonds is 8. The van der Waals surface area contributed by atoms with Crippen molar-refractivity contribution < 1.29 is 27.4 Å². The molecule has 12 unspecified atom stereocenters. The molecular weight excluding hydrogens is 512 g/mol. The monoisotopic (exact) mass is 570 g/mol. The van der Waals surface area contributed by atoms with E-state index in [0.717, 1.165) is 32.1 Å². The Bertz CT molecular complexity index is 993. The molecule has 228 valence electrons. The van der Waals surface area contributed by atoms with Gasteiger partial charge in [-0.3, -0.25) is 4.55 Å². The van der Waals surface area contributed by atoms with Crippen molar-refractivity contribution in [2.24, 2.45) is 63.1 Å². The van der Waals surface area contributed by atoms with E-state index in [9.17, 15) is 23.2 Å². The normalized spacial score (nSPS) is 44.7. The number of aliphatic hydroxyl groups excluding tert-OH is 2. The first-order valence-electron chi connectivity index (χ1n) is 15.8. The summed E-state index contributed by atoms with van der Waals surface area (Å²) in [5, 5.41) is 22.6. The molecule has 0 heterocycles. The summed E-state index contributed by atoms with van der Waals surface area (Å²) in [5.74, 6) is 3.02. The fourth-order valence-corrected chi connectivity index (χ4v) is 11.8. The highest BCUT2D eigenvalue weighted by Gasteiger charge is 2.65. The van der Waals surface area contributed by atoms with Gasteiger partial charge in [-0.2, -0.15) is 8.42 Å². The minimum atomic E-state index is -4.50. The van der Waals surface area contributed by atoms with Gasteiger partial charge < -0.3 is 10.2 Å². The van der Waals surface area contributed by atoms with Crippen LogP contribution in [0.2, 0.25) is 0 Å². The van der Waals surface area contributed by atoms with Crippen molar-refractivity contribution in [1.29, 1.82) is 0 Å². The Labute approximate surface area is 239 Å². The molecule has 0 aromatic carbocycles. The van der Waals surface area contributed by atoms with Crippen molar-refractivity contribution in [3.63, 3.8) is 0 Å². The van der Waals surface area contributed by atoms with Gasteiger partial charge in [0.1, 0.15) is 0 Å². The molecular formula is C32H58O6S. The largest absolute Gasteiger partial charge is 0.397 e. The van der Waals surface area contributed by atoms with E-state index in [1.807, 2.05) is 13.8 Å². The number of aliphatic hydroxyl groups is 2. The Kier molecular flexibility index (Phi) is 8.54. The summed E-state index contributed by atoms with van der Waals surface area (Å²) in [7, 11) is -4.50. The molecule has 4 saturated carbocycles. The van der Waals surface area contributed by atoms with Gasteiger partial charge in [0.25, 0.3) is 0 Å². The molecule has 12 atom stereocenters. The number of fused-ring (bicyclic) bond motifs is 5. The van der Waals surface area contributed by atoms with Crippen LogP contribution in [0.5, 0.6) is 0 Å².